The predicted octanol–water partition coefficient (Wildman–Crippen LogP) is 2.71. The van der Waals surface area contributed by atoms with Crippen molar-refractivity contribution in [2.24, 2.45) is 0 Å². The maximum absolute atomic E-state index is 13.3. The molecule has 34 heavy (non-hydrogen) atoms. The molecule has 0 aliphatic carbocycles. The molecule has 2 aromatic carbocycles. The summed E-state index contributed by atoms with van der Waals surface area (Å²) in [5, 5.41) is 4.56. The molecular weight excluding hydrogens is 456 g/mol. The summed E-state index contributed by atoms with van der Waals surface area (Å²) in [5.74, 6) is 0.834. The van der Waals surface area contributed by atoms with Crippen molar-refractivity contribution in [3.63, 3.8) is 0 Å². The third-order valence-electron chi connectivity index (χ3n) is 5.58. The zero-order chi connectivity index (χ0) is 23.8. The Morgan fingerprint density at radius 3 is 2.56 bits per heavy atom. The van der Waals surface area contributed by atoms with Crippen molar-refractivity contribution >= 4 is 38.8 Å². The van der Waals surface area contributed by atoms with Gasteiger partial charge in [-0.2, -0.15) is 0 Å². The molecule has 0 saturated carbocycles. The highest BCUT2D eigenvalue weighted by Gasteiger charge is 2.18. The molecule has 9 nitrogen and oxygen atoms in total. The van der Waals surface area contributed by atoms with Gasteiger partial charge < -0.3 is 19.7 Å². The molecule has 4 aromatic rings. The summed E-state index contributed by atoms with van der Waals surface area (Å²) in [5.41, 5.74) is 1.86. The number of nitrogens with one attached hydrogen (secondary N) is 1. The van der Waals surface area contributed by atoms with Gasteiger partial charge in [0, 0.05) is 25.5 Å². The summed E-state index contributed by atoms with van der Waals surface area (Å²) in [6.45, 7) is -0.0294. The summed E-state index contributed by atoms with van der Waals surface area (Å²) >= 11 is 1.24. The number of hydrogen-bond donors (Lipinski definition) is 1. The van der Waals surface area contributed by atoms with Crippen LogP contribution in [0, 0.1) is 0 Å². The second-order valence-electron chi connectivity index (χ2n) is 8.07. The monoisotopic (exact) mass is 478 g/mol. The minimum Gasteiger partial charge on any atom is -0.454 e. The van der Waals surface area contributed by atoms with E-state index in [1.807, 2.05) is 31.1 Å². The van der Waals surface area contributed by atoms with Gasteiger partial charge in [-0.25, -0.2) is 4.79 Å². The van der Waals surface area contributed by atoms with Crippen molar-refractivity contribution in [3.05, 3.63) is 80.3 Å². The Labute approximate surface area is 198 Å². The fourth-order valence-corrected chi connectivity index (χ4v) is 4.68. The highest BCUT2D eigenvalue weighted by molar-refractivity contribution is 7.17. The van der Waals surface area contributed by atoms with Crippen LogP contribution < -0.4 is 30.9 Å². The highest BCUT2D eigenvalue weighted by atomic mass is 32.1. The molecule has 174 valence electrons. The van der Waals surface area contributed by atoms with E-state index in [9.17, 15) is 14.4 Å². The van der Waals surface area contributed by atoms with Gasteiger partial charge in [0.2, 0.25) is 12.7 Å². The van der Waals surface area contributed by atoms with Gasteiger partial charge in [-0.3, -0.25) is 18.7 Å². The molecule has 0 saturated heterocycles. The first-order valence-corrected chi connectivity index (χ1v) is 11.5. The molecule has 0 spiro atoms. The Morgan fingerprint density at radius 2 is 1.79 bits per heavy atom. The Hall–Kier alpha value is -4.05. The minimum atomic E-state index is -0.549. The fraction of sp³-hybridized carbons (Fsp3) is 0.208. The van der Waals surface area contributed by atoms with Crippen molar-refractivity contribution in [2.45, 2.75) is 13.1 Å². The van der Waals surface area contributed by atoms with Crippen LogP contribution in [-0.2, 0) is 17.9 Å². The second kappa shape index (κ2) is 8.71. The van der Waals surface area contributed by atoms with Gasteiger partial charge in [0.1, 0.15) is 11.2 Å². The van der Waals surface area contributed by atoms with Gasteiger partial charge in [0.25, 0.3) is 5.56 Å². The van der Waals surface area contributed by atoms with E-state index in [-0.39, 0.29) is 31.3 Å². The zero-order valence-corrected chi connectivity index (χ0v) is 19.4. The Morgan fingerprint density at radius 1 is 1.03 bits per heavy atom. The number of amides is 1. The number of anilines is 2. The zero-order valence-electron chi connectivity index (χ0n) is 18.6. The molecule has 5 rings (SSSR count). The normalized spacial score (nSPS) is 12.2. The van der Waals surface area contributed by atoms with Crippen molar-refractivity contribution < 1.29 is 14.3 Å². The topological polar surface area (TPSA) is 94.8 Å². The second-order valence-corrected chi connectivity index (χ2v) is 8.99. The molecule has 0 unspecified atom stereocenters. The van der Waals surface area contributed by atoms with Crippen LogP contribution in [0.25, 0.3) is 10.2 Å². The molecule has 0 atom stereocenters. The summed E-state index contributed by atoms with van der Waals surface area (Å²) in [4.78, 5) is 41.2. The van der Waals surface area contributed by atoms with Gasteiger partial charge >= 0.3 is 5.69 Å². The number of aromatic nitrogens is 2. The predicted molar refractivity (Wildman–Crippen MR) is 131 cm³/mol. The number of carbonyl (C=O) groups excluding carboxylic acids is 1. The van der Waals surface area contributed by atoms with E-state index in [4.69, 9.17) is 9.47 Å². The number of carbonyl (C=O) groups is 1. The molecule has 1 N–H and O–H groups in total. The lowest BCUT2D eigenvalue weighted by molar-refractivity contribution is -0.116. The standard InChI is InChI=1S/C24H22N4O5S/c1-26(2)17-6-4-16(5-7-17)25-21(29)13-27-18-9-10-34-22(18)23(30)28(24(27)31)12-15-3-8-19-20(11-15)33-14-32-19/h3-11H,12-14H2,1-2H3,(H,25,29). The first-order chi connectivity index (χ1) is 16.4. The van der Waals surface area contributed by atoms with Gasteiger partial charge in [0.15, 0.2) is 11.5 Å². The number of rotatable bonds is 6. The van der Waals surface area contributed by atoms with Crippen LogP contribution in [0.5, 0.6) is 11.5 Å². The first-order valence-electron chi connectivity index (χ1n) is 10.6. The van der Waals surface area contributed by atoms with E-state index in [2.05, 4.69) is 5.32 Å². The maximum atomic E-state index is 13.3. The molecule has 0 fully saturated rings. The molecule has 1 amide bonds. The molecule has 10 heteroatoms. The summed E-state index contributed by atoms with van der Waals surface area (Å²) < 4.78 is 13.6. The van der Waals surface area contributed by atoms with Crippen LogP contribution >= 0.6 is 11.3 Å². The van der Waals surface area contributed by atoms with E-state index in [1.165, 1.54) is 15.9 Å². The lowest BCUT2D eigenvalue weighted by Crippen LogP contribution is -2.41. The van der Waals surface area contributed by atoms with Crippen molar-refractivity contribution in [1.82, 2.24) is 9.13 Å². The number of nitrogens with zero attached hydrogens (tertiary/aromatic N) is 3. The lowest BCUT2D eigenvalue weighted by atomic mass is 10.2. The van der Waals surface area contributed by atoms with E-state index in [0.29, 0.717) is 27.4 Å². The number of hydrogen-bond acceptors (Lipinski definition) is 7. The maximum Gasteiger partial charge on any atom is 0.332 e. The van der Waals surface area contributed by atoms with Crippen LogP contribution in [-0.4, -0.2) is 35.9 Å². The van der Waals surface area contributed by atoms with Crippen LogP contribution in [0.4, 0.5) is 11.4 Å². The Kier molecular flexibility index (Phi) is 5.58. The highest BCUT2D eigenvalue weighted by Crippen LogP contribution is 2.32. The average molecular weight is 479 g/mol. The minimum absolute atomic E-state index is 0.0514. The number of fused-ring (bicyclic) bond motifs is 2. The van der Waals surface area contributed by atoms with Gasteiger partial charge in [-0.15, -0.1) is 11.3 Å². The molecule has 1 aliphatic rings. The van der Waals surface area contributed by atoms with Crippen molar-refractivity contribution in [3.8, 4) is 11.5 Å². The summed E-state index contributed by atoms with van der Waals surface area (Å²) in [6, 6.07) is 14.4. The van der Waals surface area contributed by atoms with Gasteiger partial charge in [-0.1, -0.05) is 6.07 Å². The number of thiophene rings is 1. The molecular formula is C24H22N4O5S. The fourth-order valence-electron chi connectivity index (χ4n) is 3.83. The van der Waals surface area contributed by atoms with Crippen LogP contribution in [0.15, 0.2) is 63.5 Å². The van der Waals surface area contributed by atoms with Crippen LogP contribution in [0.1, 0.15) is 5.56 Å². The van der Waals surface area contributed by atoms with E-state index in [0.717, 1.165) is 15.8 Å². The number of benzene rings is 2. The Balaban J connectivity index is 1.45. The third kappa shape index (κ3) is 4.03. The number of ether oxygens (including phenoxy) is 2. The molecule has 0 radical (unpaired) electrons. The van der Waals surface area contributed by atoms with Crippen molar-refractivity contribution in [2.75, 3.05) is 31.1 Å². The van der Waals surface area contributed by atoms with E-state index < -0.39 is 5.69 Å². The van der Waals surface area contributed by atoms with Gasteiger partial charge in [-0.05, 0) is 53.4 Å². The summed E-state index contributed by atoms with van der Waals surface area (Å²) in [7, 11) is 3.87. The third-order valence-corrected chi connectivity index (χ3v) is 6.47. The first kappa shape index (κ1) is 21.8. The largest absolute Gasteiger partial charge is 0.454 e. The average Bonchev–Trinajstić information content (AvgIpc) is 3.49. The molecule has 2 aromatic heterocycles. The molecule has 1 aliphatic heterocycles. The van der Waals surface area contributed by atoms with Crippen LogP contribution in [0.2, 0.25) is 0 Å². The SMILES string of the molecule is CN(C)c1ccc(NC(=O)Cn2c(=O)n(Cc3ccc4c(c3)OCO4)c(=O)c3sccc32)cc1. The smallest absolute Gasteiger partial charge is 0.332 e. The lowest BCUT2D eigenvalue weighted by Gasteiger charge is -2.14. The molecule has 0 bridgehead atoms. The van der Waals surface area contributed by atoms with E-state index in [1.54, 1.807) is 41.8 Å². The van der Waals surface area contributed by atoms with Gasteiger partial charge in [0.05, 0.1) is 12.1 Å². The Bertz CT molecular complexity index is 1500. The molecule has 3 heterocycles. The quantitative estimate of drug-likeness (QED) is 0.458. The van der Waals surface area contributed by atoms with Crippen LogP contribution in [0.3, 0.4) is 0 Å². The van der Waals surface area contributed by atoms with Crippen molar-refractivity contribution in [1.29, 1.82) is 0 Å². The summed E-state index contributed by atoms with van der Waals surface area (Å²) in [6.07, 6.45) is 0. The van der Waals surface area contributed by atoms with E-state index >= 15 is 0 Å².